The van der Waals surface area contributed by atoms with Gasteiger partial charge in [0.2, 0.25) is 15.9 Å². The zero-order chi connectivity index (χ0) is 23.0. The first-order chi connectivity index (χ1) is 15.4. The van der Waals surface area contributed by atoms with Crippen LogP contribution in [0.2, 0.25) is 0 Å². The van der Waals surface area contributed by atoms with Crippen molar-refractivity contribution in [3.63, 3.8) is 0 Å². The molecule has 1 N–H and O–H groups in total. The molecule has 2 aromatic carbocycles. The maximum absolute atomic E-state index is 13.1. The van der Waals surface area contributed by atoms with Gasteiger partial charge in [0.15, 0.2) is 0 Å². The molecule has 7 nitrogen and oxygen atoms in total. The number of sulfonamides is 1. The van der Waals surface area contributed by atoms with Crippen molar-refractivity contribution in [2.45, 2.75) is 43.9 Å². The fourth-order valence-electron chi connectivity index (χ4n) is 3.68. The molecule has 32 heavy (non-hydrogen) atoms. The first-order valence-corrected chi connectivity index (χ1v) is 12.5. The molecule has 0 aliphatic carbocycles. The van der Waals surface area contributed by atoms with Gasteiger partial charge in [-0.3, -0.25) is 4.79 Å². The number of unbranched alkanes of at least 4 members (excludes halogenated alkanes) is 2. The molecule has 0 saturated carbocycles. The molecule has 174 valence electrons. The Morgan fingerprint density at radius 3 is 2.41 bits per heavy atom. The van der Waals surface area contributed by atoms with E-state index in [9.17, 15) is 13.2 Å². The maximum atomic E-state index is 13.1. The van der Waals surface area contributed by atoms with Crippen LogP contribution in [0.3, 0.4) is 0 Å². The highest BCUT2D eigenvalue weighted by atomic mass is 32.2. The number of morpholine rings is 1. The lowest BCUT2D eigenvalue weighted by molar-refractivity contribution is -0.115. The minimum atomic E-state index is -3.74. The second-order valence-electron chi connectivity index (χ2n) is 7.88. The Labute approximate surface area is 190 Å². The molecule has 2 aromatic rings. The Balaban J connectivity index is 1.68. The number of aryl methyl sites for hydroxylation is 1. The summed E-state index contributed by atoms with van der Waals surface area (Å²) in [5, 5.41) is 2.89. The summed E-state index contributed by atoms with van der Waals surface area (Å²) < 4.78 is 38.2. The van der Waals surface area contributed by atoms with Gasteiger partial charge >= 0.3 is 0 Å². The molecule has 0 aromatic heterocycles. The number of ether oxygens (including phenoxy) is 2. The van der Waals surface area contributed by atoms with Crippen LogP contribution in [0.1, 0.15) is 37.3 Å². The lowest BCUT2D eigenvalue weighted by Gasteiger charge is -2.26. The number of nitrogens with zero attached hydrogens (tertiary/aromatic N) is 1. The molecular formula is C24H32N2O5S. The minimum absolute atomic E-state index is 0.0634. The van der Waals surface area contributed by atoms with Crippen molar-refractivity contribution >= 4 is 21.6 Å². The maximum Gasteiger partial charge on any atom is 0.246 e. The summed E-state index contributed by atoms with van der Waals surface area (Å²) in [7, 11) is -2.30. The number of methoxy groups -OCH3 is 1. The van der Waals surface area contributed by atoms with Crippen LogP contribution in [0.15, 0.2) is 47.4 Å². The van der Waals surface area contributed by atoms with Gasteiger partial charge in [0.25, 0.3) is 0 Å². The predicted octanol–water partition coefficient (Wildman–Crippen LogP) is 3.63. The van der Waals surface area contributed by atoms with Gasteiger partial charge < -0.3 is 14.8 Å². The number of carbonyl (C=O) groups excluding carboxylic acids is 1. The van der Waals surface area contributed by atoms with Gasteiger partial charge in [-0.25, -0.2) is 8.42 Å². The van der Waals surface area contributed by atoms with E-state index < -0.39 is 10.0 Å². The van der Waals surface area contributed by atoms with Crippen molar-refractivity contribution in [2.24, 2.45) is 0 Å². The van der Waals surface area contributed by atoms with E-state index in [4.69, 9.17) is 9.47 Å². The highest BCUT2D eigenvalue weighted by Gasteiger charge is 2.29. The Kier molecular flexibility index (Phi) is 8.67. The summed E-state index contributed by atoms with van der Waals surface area (Å²) >= 11 is 0. The quantitative estimate of drug-likeness (QED) is 0.548. The first kappa shape index (κ1) is 24.2. The fourth-order valence-corrected chi connectivity index (χ4v) is 5.30. The third kappa shape index (κ3) is 6.31. The Morgan fingerprint density at radius 1 is 1.06 bits per heavy atom. The summed E-state index contributed by atoms with van der Waals surface area (Å²) in [6.45, 7) is 3.50. The number of rotatable bonds is 10. The van der Waals surface area contributed by atoms with Crippen LogP contribution in [0.25, 0.3) is 0 Å². The van der Waals surface area contributed by atoms with Gasteiger partial charge in [0.05, 0.1) is 26.7 Å². The van der Waals surface area contributed by atoms with Gasteiger partial charge in [0, 0.05) is 18.8 Å². The van der Waals surface area contributed by atoms with Gasteiger partial charge in [0.1, 0.15) is 10.6 Å². The van der Waals surface area contributed by atoms with E-state index in [-0.39, 0.29) is 23.0 Å². The van der Waals surface area contributed by atoms with Gasteiger partial charge in [-0.05, 0) is 48.2 Å². The normalized spacial score (nSPS) is 14.8. The molecule has 3 rings (SSSR count). The van der Waals surface area contributed by atoms with E-state index in [1.54, 1.807) is 12.1 Å². The van der Waals surface area contributed by atoms with E-state index in [0.29, 0.717) is 31.9 Å². The molecule has 0 spiro atoms. The molecular weight excluding hydrogens is 428 g/mol. The SMILES string of the molecule is CCCCCc1ccc(NC(=O)Cc2ccc(OC)c(S(=O)(=O)N3CCOCC3)c2)cc1. The zero-order valence-corrected chi connectivity index (χ0v) is 19.6. The van der Waals surface area contributed by atoms with E-state index in [1.165, 1.54) is 35.9 Å². The fraction of sp³-hybridized carbons (Fsp3) is 0.458. The van der Waals surface area contributed by atoms with Crippen LogP contribution >= 0.6 is 0 Å². The number of amides is 1. The molecule has 1 aliphatic rings. The molecule has 0 atom stereocenters. The minimum Gasteiger partial charge on any atom is -0.495 e. The van der Waals surface area contributed by atoms with Crippen molar-refractivity contribution in [1.82, 2.24) is 4.31 Å². The molecule has 1 heterocycles. The van der Waals surface area contributed by atoms with E-state index in [2.05, 4.69) is 12.2 Å². The van der Waals surface area contributed by atoms with Crippen LogP contribution < -0.4 is 10.1 Å². The van der Waals surface area contributed by atoms with Crippen LogP contribution in [-0.4, -0.2) is 52.0 Å². The van der Waals surface area contributed by atoms with Crippen molar-refractivity contribution in [2.75, 3.05) is 38.7 Å². The zero-order valence-electron chi connectivity index (χ0n) is 18.8. The number of nitrogens with one attached hydrogen (secondary N) is 1. The average molecular weight is 461 g/mol. The number of carbonyl (C=O) groups is 1. The smallest absolute Gasteiger partial charge is 0.246 e. The van der Waals surface area contributed by atoms with Crippen LogP contribution in [0.4, 0.5) is 5.69 Å². The molecule has 1 saturated heterocycles. The van der Waals surface area contributed by atoms with Crippen molar-refractivity contribution < 1.29 is 22.7 Å². The summed E-state index contributed by atoms with van der Waals surface area (Å²) in [6.07, 6.45) is 4.66. The van der Waals surface area contributed by atoms with Gasteiger partial charge in [-0.15, -0.1) is 0 Å². The molecule has 1 fully saturated rings. The summed E-state index contributed by atoms with van der Waals surface area (Å²) in [5.41, 5.74) is 2.58. The molecule has 0 bridgehead atoms. The Bertz CT molecular complexity index is 1000. The second-order valence-corrected chi connectivity index (χ2v) is 9.79. The van der Waals surface area contributed by atoms with Crippen molar-refractivity contribution in [3.8, 4) is 5.75 Å². The molecule has 8 heteroatoms. The number of hydrogen-bond donors (Lipinski definition) is 1. The van der Waals surface area contributed by atoms with Gasteiger partial charge in [-0.2, -0.15) is 4.31 Å². The topological polar surface area (TPSA) is 84.9 Å². The highest BCUT2D eigenvalue weighted by molar-refractivity contribution is 7.89. The lowest BCUT2D eigenvalue weighted by Crippen LogP contribution is -2.40. The number of anilines is 1. The van der Waals surface area contributed by atoms with E-state index in [1.807, 2.05) is 24.3 Å². The highest BCUT2D eigenvalue weighted by Crippen LogP contribution is 2.28. The van der Waals surface area contributed by atoms with Crippen molar-refractivity contribution in [1.29, 1.82) is 0 Å². The Hall–Kier alpha value is -2.42. The number of benzene rings is 2. The largest absolute Gasteiger partial charge is 0.495 e. The summed E-state index contributed by atoms with van der Waals surface area (Å²) in [5.74, 6) is 0.0583. The molecule has 0 unspecified atom stereocenters. The third-order valence-corrected chi connectivity index (χ3v) is 7.41. The molecule has 0 radical (unpaired) electrons. The summed E-state index contributed by atoms with van der Waals surface area (Å²) in [4.78, 5) is 12.6. The lowest BCUT2D eigenvalue weighted by atomic mass is 10.1. The predicted molar refractivity (Wildman–Crippen MR) is 125 cm³/mol. The first-order valence-electron chi connectivity index (χ1n) is 11.1. The summed E-state index contributed by atoms with van der Waals surface area (Å²) in [6, 6.07) is 12.7. The van der Waals surface area contributed by atoms with Crippen LogP contribution in [0, 0.1) is 0 Å². The van der Waals surface area contributed by atoms with E-state index in [0.717, 1.165) is 18.5 Å². The monoisotopic (exact) mass is 460 g/mol. The van der Waals surface area contributed by atoms with E-state index >= 15 is 0 Å². The number of hydrogen-bond acceptors (Lipinski definition) is 5. The van der Waals surface area contributed by atoms with Crippen LogP contribution in [-0.2, 0) is 32.4 Å². The third-order valence-electron chi connectivity index (χ3n) is 5.49. The second kappa shape index (κ2) is 11.4. The van der Waals surface area contributed by atoms with Crippen LogP contribution in [0.5, 0.6) is 5.75 Å². The standard InChI is InChI=1S/C24H32N2O5S/c1-3-4-5-6-19-7-10-21(11-8-19)25-24(27)18-20-9-12-22(30-2)23(17-20)32(28,29)26-13-15-31-16-14-26/h7-12,17H,3-6,13-16,18H2,1-2H3,(H,25,27). The Morgan fingerprint density at radius 2 is 1.75 bits per heavy atom. The van der Waals surface area contributed by atoms with Gasteiger partial charge in [-0.1, -0.05) is 38.0 Å². The van der Waals surface area contributed by atoms with Crippen molar-refractivity contribution in [3.05, 3.63) is 53.6 Å². The molecule has 1 aliphatic heterocycles. The molecule has 1 amide bonds. The average Bonchev–Trinajstić information content (AvgIpc) is 2.81.